The highest BCUT2D eigenvalue weighted by molar-refractivity contribution is 6.66. The van der Waals surface area contributed by atoms with Crippen LogP contribution in [0.2, 0.25) is 5.15 Å². The van der Waals surface area contributed by atoms with Crippen molar-refractivity contribution in [3.8, 4) is 0 Å². The third-order valence-electron chi connectivity index (χ3n) is 1.40. The number of aromatic nitrogens is 1. The summed E-state index contributed by atoms with van der Waals surface area (Å²) in [6, 6.07) is 5.25. The topological polar surface area (TPSA) is 25.2 Å². The van der Waals surface area contributed by atoms with Crippen LogP contribution < -0.4 is 0 Å². The van der Waals surface area contributed by atoms with Gasteiger partial charge in [0.1, 0.15) is 10.3 Å². The van der Waals surface area contributed by atoms with Gasteiger partial charge in [-0.3, -0.25) is 0 Å². The Labute approximate surface area is 87.6 Å². The van der Waals surface area contributed by atoms with Gasteiger partial charge in [-0.25, -0.2) is 9.98 Å². The number of nitrogens with zero attached hydrogens (tertiary/aromatic N) is 2. The second-order valence-corrected chi connectivity index (χ2v) is 3.68. The van der Waals surface area contributed by atoms with E-state index < -0.39 is 0 Å². The molecule has 1 heterocycles. The number of hydrogen-bond donors (Lipinski definition) is 0. The van der Waals surface area contributed by atoms with Crippen molar-refractivity contribution in [2.45, 2.75) is 13.8 Å². The third-order valence-corrected chi connectivity index (χ3v) is 2.13. The van der Waals surface area contributed by atoms with Crippen molar-refractivity contribution in [1.29, 1.82) is 0 Å². The van der Waals surface area contributed by atoms with Crippen LogP contribution >= 0.6 is 23.2 Å². The highest BCUT2D eigenvalue weighted by Gasteiger charge is 2.01. The van der Waals surface area contributed by atoms with Crippen LogP contribution in [0.3, 0.4) is 0 Å². The van der Waals surface area contributed by atoms with Gasteiger partial charge in [-0.1, -0.05) is 43.1 Å². The van der Waals surface area contributed by atoms with Crippen LogP contribution in [0.4, 0.5) is 5.82 Å². The monoisotopic (exact) mass is 216 g/mol. The molecule has 1 aromatic heterocycles. The molecule has 0 fully saturated rings. The number of aliphatic imine (C=N–C) groups is 1. The molecule has 0 saturated heterocycles. The first kappa shape index (κ1) is 10.5. The summed E-state index contributed by atoms with van der Waals surface area (Å²) in [6.07, 6.45) is 0. The maximum absolute atomic E-state index is 5.87. The van der Waals surface area contributed by atoms with E-state index in [4.69, 9.17) is 23.2 Å². The molecular weight excluding hydrogens is 207 g/mol. The normalized spacial score (nSPS) is 12.2. The van der Waals surface area contributed by atoms with E-state index in [9.17, 15) is 0 Å². The van der Waals surface area contributed by atoms with E-state index in [1.807, 2.05) is 13.8 Å². The average molecular weight is 217 g/mol. The fourth-order valence-electron chi connectivity index (χ4n) is 0.698. The summed E-state index contributed by atoms with van der Waals surface area (Å²) in [6.45, 7) is 3.94. The highest BCUT2D eigenvalue weighted by atomic mass is 35.5. The van der Waals surface area contributed by atoms with Crippen LogP contribution in [0.25, 0.3) is 0 Å². The first-order valence-corrected chi connectivity index (χ1v) is 4.72. The van der Waals surface area contributed by atoms with Crippen molar-refractivity contribution >= 4 is 34.2 Å². The molecule has 0 radical (unpaired) electrons. The minimum absolute atomic E-state index is 0.211. The van der Waals surface area contributed by atoms with E-state index in [1.165, 1.54) is 0 Å². The minimum Gasteiger partial charge on any atom is -0.221 e. The summed E-state index contributed by atoms with van der Waals surface area (Å²) >= 11 is 11.6. The fraction of sp³-hybridized carbons (Fsp3) is 0.333. The van der Waals surface area contributed by atoms with Crippen LogP contribution in [-0.2, 0) is 0 Å². The van der Waals surface area contributed by atoms with Crippen LogP contribution in [0.5, 0.6) is 0 Å². The van der Waals surface area contributed by atoms with E-state index in [0.717, 1.165) is 0 Å². The molecule has 0 N–H and O–H groups in total. The van der Waals surface area contributed by atoms with Gasteiger partial charge < -0.3 is 0 Å². The Hall–Kier alpha value is -0.600. The number of halogens is 2. The third kappa shape index (κ3) is 3.33. The Morgan fingerprint density at radius 3 is 2.69 bits per heavy atom. The second kappa shape index (κ2) is 4.58. The lowest BCUT2D eigenvalue weighted by atomic mass is 10.2. The van der Waals surface area contributed by atoms with Crippen molar-refractivity contribution < 1.29 is 0 Å². The molecule has 0 saturated carbocycles. The van der Waals surface area contributed by atoms with Gasteiger partial charge in [0, 0.05) is 5.92 Å². The van der Waals surface area contributed by atoms with Gasteiger partial charge in [-0.2, -0.15) is 0 Å². The van der Waals surface area contributed by atoms with Crippen molar-refractivity contribution in [3.63, 3.8) is 0 Å². The van der Waals surface area contributed by atoms with Crippen molar-refractivity contribution in [2.24, 2.45) is 10.9 Å². The number of pyridine rings is 1. The molecule has 0 bridgehead atoms. The summed E-state index contributed by atoms with van der Waals surface area (Å²) in [4.78, 5) is 8.09. The highest BCUT2D eigenvalue weighted by Crippen LogP contribution is 2.15. The molecule has 0 spiro atoms. The minimum atomic E-state index is 0.211. The molecule has 13 heavy (non-hydrogen) atoms. The molecule has 0 amide bonds. The molecule has 0 aliphatic rings. The largest absolute Gasteiger partial charge is 0.221 e. The predicted molar refractivity (Wildman–Crippen MR) is 57.0 cm³/mol. The Morgan fingerprint density at radius 2 is 2.15 bits per heavy atom. The molecular formula is C9H10Cl2N2. The molecule has 0 aliphatic carbocycles. The molecule has 0 unspecified atom stereocenters. The van der Waals surface area contributed by atoms with Gasteiger partial charge in [-0.05, 0) is 12.1 Å². The zero-order valence-electron chi connectivity index (χ0n) is 7.46. The Kier molecular flexibility index (Phi) is 3.70. The molecule has 1 rings (SSSR count). The van der Waals surface area contributed by atoms with Gasteiger partial charge in [-0.15, -0.1) is 0 Å². The lowest BCUT2D eigenvalue weighted by molar-refractivity contribution is 0.898. The smallest absolute Gasteiger partial charge is 0.154 e. The number of rotatable bonds is 2. The molecule has 70 valence electrons. The zero-order valence-corrected chi connectivity index (χ0v) is 8.97. The zero-order chi connectivity index (χ0) is 9.84. The number of hydrogen-bond acceptors (Lipinski definition) is 2. The van der Waals surface area contributed by atoms with E-state index >= 15 is 0 Å². The van der Waals surface area contributed by atoms with E-state index in [0.29, 0.717) is 16.1 Å². The SMILES string of the molecule is CC(C)/C(Cl)=N/c1cccc(Cl)n1. The van der Waals surface area contributed by atoms with Crippen LogP contribution in [0, 0.1) is 5.92 Å². The molecule has 1 aromatic rings. The standard InChI is InChI=1S/C9H10Cl2N2/c1-6(2)9(11)13-8-5-3-4-7(10)12-8/h3-6H,1-2H3/b13-9-. The molecule has 0 aliphatic heterocycles. The summed E-state index contributed by atoms with van der Waals surface area (Å²) in [5.41, 5.74) is 0. The van der Waals surface area contributed by atoms with Crippen molar-refractivity contribution in [1.82, 2.24) is 4.98 Å². The van der Waals surface area contributed by atoms with Crippen molar-refractivity contribution in [2.75, 3.05) is 0 Å². The predicted octanol–water partition coefficient (Wildman–Crippen LogP) is 3.66. The fourth-order valence-corrected chi connectivity index (χ4v) is 0.944. The van der Waals surface area contributed by atoms with Crippen LogP contribution in [0.1, 0.15) is 13.8 Å². The summed E-state index contributed by atoms with van der Waals surface area (Å²) in [5, 5.41) is 0.962. The first-order valence-electron chi connectivity index (χ1n) is 3.96. The second-order valence-electron chi connectivity index (χ2n) is 2.91. The molecule has 0 aromatic carbocycles. The van der Waals surface area contributed by atoms with Gasteiger partial charge in [0.25, 0.3) is 0 Å². The summed E-state index contributed by atoms with van der Waals surface area (Å²) < 4.78 is 0. The molecule has 2 nitrogen and oxygen atoms in total. The van der Waals surface area contributed by atoms with Crippen LogP contribution in [0.15, 0.2) is 23.2 Å². The molecule has 0 atom stereocenters. The Morgan fingerprint density at radius 1 is 1.46 bits per heavy atom. The van der Waals surface area contributed by atoms with E-state index in [2.05, 4.69) is 9.98 Å². The Balaban J connectivity index is 2.91. The average Bonchev–Trinajstić information content (AvgIpc) is 2.04. The van der Waals surface area contributed by atoms with Gasteiger partial charge in [0.05, 0.1) is 0 Å². The van der Waals surface area contributed by atoms with Crippen molar-refractivity contribution in [3.05, 3.63) is 23.4 Å². The van der Waals surface area contributed by atoms with Gasteiger partial charge >= 0.3 is 0 Å². The lowest BCUT2D eigenvalue weighted by Crippen LogP contribution is -1.97. The van der Waals surface area contributed by atoms with Crippen LogP contribution in [-0.4, -0.2) is 10.2 Å². The van der Waals surface area contributed by atoms with Gasteiger partial charge in [0.15, 0.2) is 5.82 Å². The lowest BCUT2D eigenvalue weighted by Gasteiger charge is -2.00. The van der Waals surface area contributed by atoms with Gasteiger partial charge in [0.2, 0.25) is 0 Å². The molecule has 4 heteroatoms. The maximum Gasteiger partial charge on any atom is 0.154 e. The Bertz CT molecular complexity index is 321. The maximum atomic E-state index is 5.87. The quantitative estimate of drug-likeness (QED) is 0.548. The summed E-state index contributed by atoms with van der Waals surface area (Å²) in [7, 11) is 0. The van der Waals surface area contributed by atoms with E-state index in [-0.39, 0.29) is 5.92 Å². The summed E-state index contributed by atoms with van der Waals surface area (Å²) in [5.74, 6) is 0.758. The van der Waals surface area contributed by atoms with E-state index in [1.54, 1.807) is 18.2 Å². The first-order chi connectivity index (χ1) is 6.09.